The van der Waals surface area contributed by atoms with Crippen molar-refractivity contribution in [3.05, 3.63) is 57.9 Å². The van der Waals surface area contributed by atoms with Gasteiger partial charge in [-0.2, -0.15) is 5.10 Å². The predicted octanol–water partition coefficient (Wildman–Crippen LogP) is 5.04. The predicted molar refractivity (Wildman–Crippen MR) is 106 cm³/mol. The number of hydrogen-bond acceptors (Lipinski definition) is 6. The van der Waals surface area contributed by atoms with Crippen LogP contribution in [0.2, 0.25) is 0 Å². The minimum atomic E-state index is 0.709. The molecule has 0 atom stereocenters. The Kier molecular flexibility index (Phi) is 5.67. The van der Waals surface area contributed by atoms with E-state index in [1.165, 1.54) is 11.3 Å². The number of thiazole rings is 1. The number of rotatable bonds is 6. The number of hydrogen-bond donors (Lipinski definition) is 1. The maximum Gasteiger partial charge on any atom is 0.203 e. The second-order valence-electron chi connectivity index (χ2n) is 5.03. The molecule has 25 heavy (non-hydrogen) atoms. The van der Waals surface area contributed by atoms with E-state index < -0.39 is 0 Å². The summed E-state index contributed by atoms with van der Waals surface area (Å²) in [6.45, 7) is 0. The van der Waals surface area contributed by atoms with Crippen LogP contribution >= 0.6 is 27.3 Å². The minimum absolute atomic E-state index is 0.709. The Hall–Kier alpha value is -2.38. The number of methoxy groups -OCH3 is 2. The molecule has 2 aromatic carbocycles. The molecule has 0 bridgehead atoms. The highest BCUT2D eigenvalue weighted by Crippen LogP contribution is 2.34. The zero-order valence-electron chi connectivity index (χ0n) is 13.7. The molecule has 0 fully saturated rings. The van der Waals surface area contributed by atoms with E-state index in [0.29, 0.717) is 5.13 Å². The Morgan fingerprint density at radius 3 is 2.64 bits per heavy atom. The Morgan fingerprint density at radius 2 is 1.92 bits per heavy atom. The van der Waals surface area contributed by atoms with Crippen molar-refractivity contribution in [3.8, 4) is 22.8 Å². The van der Waals surface area contributed by atoms with Crippen molar-refractivity contribution in [2.24, 2.45) is 5.10 Å². The van der Waals surface area contributed by atoms with E-state index >= 15 is 0 Å². The van der Waals surface area contributed by atoms with Crippen molar-refractivity contribution in [2.75, 3.05) is 19.6 Å². The summed E-state index contributed by atoms with van der Waals surface area (Å²) in [4.78, 5) is 4.56. The van der Waals surface area contributed by atoms with E-state index in [0.717, 1.165) is 32.8 Å². The quantitative estimate of drug-likeness (QED) is 0.450. The molecule has 5 nitrogen and oxygen atoms in total. The number of hydrazone groups is 1. The standard InChI is InChI=1S/C18H16BrN3O2S/c1-23-14-7-8-15(17(9-14)24-2)16-11-25-18(21-16)22-20-10-12-3-5-13(19)6-4-12/h3-11H,1-2H3,(H,21,22)/b20-10-. The van der Waals surface area contributed by atoms with E-state index in [2.05, 4.69) is 31.4 Å². The molecule has 3 aromatic rings. The first-order chi connectivity index (χ1) is 12.2. The van der Waals surface area contributed by atoms with Crippen molar-refractivity contribution < 1.29 is 9.47 Å². The Labute approximate surface area is 158 Å². The van der Waals surface area contributed by atoms with Crippen molar-refractivity contribution in [3.63, 3.8) is 0 Å². The monoisotopic (exact) mass is 417 g/mol. The largest absolute Gasteiger partial charge is 0.497 e. The van der Waals surface area contributed by atoms with Gasteiger partial charge in [0.2, 0.25) is 5.13 Å². The molecule has 1 aromatic heterocycles. The van der Waals surface area contributed by atoms with Crippen LogP contribution in [0.25, 0.3) is 11.3 Å². The number of benzene rings is 2. The fraction of sp³-hybridized carbons (Fsp3) is 0.111. The van der Waals surface area contributed by atoms with Gasteiger partial charge in [0.1, 0.15) is 11.5 Å². The Balaban J connectivity index is 1.73. The number of nitrogens with one attached hydrogen (secondary N) is 1. The van der Waals surface area contributed by atoms with Gasteiger partial charge in [-0.05, 0) is 29.8 Å². The van der Waals surface area contributed by atoms with Gasteiger partial charge in [-0.1, -0.05) is 28.1 Å². The first-order valence-corrected chi connectivity index (χ1v) is 9.09. The van der Waals surface area contributed by atoms with Crippen LogP contribution in [0.5, 0.6) is 11.5 Å². The van der Waals surface area contributed by atoms with Crippen LogP contribution in [0, 0.1) is 0 Å². The zero-order valence-corrected chi connectivity index (χ0v) is 16.1. The van der Waals surface area contributed by atoms with E-state index in [4.69, 9.17) is 9.47 Å². The molecule has 0 radical (unpaired) electrons. The molecule has 0 aliphatic carbocycles. The van der Waals surface area contributed by atoms with Crippen LogP contribution < -0.4 is 14.9 Å². The summed E-state index contributed by atoms with van der Waals surface area (Å²) in [7, 11) is 3.26. The van der Waals surface area contributed by atoms with Crippen molar-refractivity contribution >= 4 is 38.6 Å². The first kappa shape index (κ1) is 17.4. The van der Waals surface area contributed by atoms with E-state index in [1.54, 1.807) is 20.4 Å². The highest BCUT2D eigenvalue weighted by Gasteiger charge is 2.11. The summed E-state index contributed by atoms with van der Waals surface area (Å²) < 4.78 is 11.7. The van der Waals surface area contributed by atoms with Gasteiger partial charge < -0.3 is 9.47 Å². The van der Waals surface area contributed by atoms with E-state index in [9.17, 15) is 0 Å². The van der Waals surface area contributed by atoms with Crippen molar-refractivity contribution in [1.82, 2.24) is 4.98 Å². The molecule has 7 heteroatoms. The van der Waals surface area contributed by atoms with Crippen molar-refractivity contribution in [2.45, 2.75) is 0 Å². The summed E-state index contributed by atoms with van der Waals surface area (Å²) in [5, 5.41) is 6.89. The fourth-order valence-corrected chi connectivity index (χ4v) is 3.09. The van der Waals surface area contributed by atoms with Gasteiger partial charge in [0.25, 0.3) is 0 Å². The first-order valence-electron chi connectivity index (χ1n) is 7.42. The number of anilines is 1. The molecule has 0 aliphatic rings. The Bertz CT molecular complexity index is 878. The smallest absolute Gasteiger partial charge is 0.203 e. The topological polar surface area (TPSA) is 55.7 Å². The summed E-state index contributed by atoms with van der Waals surface area (Å²) in [5.41, 5.74) is 5.69. The zero-order chi connectivity index (χ0) is 17.6. The van der Waals surface area contributed by atoms with Gasteiger partial charge in [0, 0.05) is 21.5 Å². The number of ether oxygens (including phenoxy) is 2. The fourth-order valence-electron chi connectivity index (χ4n) is 2.17. The van der Waals surface area contributed by atoms with Gasteiger partial charge in [0.15, 0.2) is 0 Å². The van der Waals surface area contributed by atoms with Gasteiger partial charge in [0.05, 0.1) is 26.1 Å². The van der Waals surface area contributed by atoms with Gasteiger partial charge in [-0.15, -0.1) is 11.3 Å². The summed E-state index contributed by atoms with van der Waals surface area (Å²) in [6.07, 6.45) is 1.75. The second-order valence-corrected chi connectivity index (χ2v) is 6.80. The lowest BCUT2D eigenvalue weighted by atomic mass is 10.1. The number of halogens is 1. The van der Waals surface area contributed by atoms with Crippen LogP contribution in [-0.2, 0) is 0 Å². The van der Waals surface area contributed by atoms with E-state index in [1.807, 2.05) is 47.8 Å². The molecule has 0 aliphatic heterocycles. The van der Waals surface area contributed by atoms with Crippen molar-refractivity contribution in [1.29, 1.82) is 0 Å². The molecular formula is C18H16BrN3O2S. The lowest BCUT2D eigenvalue weighted by Crippen LogP contribution is -1.92. The number of nitrogens with zero attached hydrogens (tertiary/aromatic N) is 2. The molecule has 128 valence electrons. The van der Waals surface area contributed by atoms with Crippen LogP contribution in [-0.4, -0.2) is 25.4 Å². The highest BCUT2D eigenvalue weighted by atomic mass is 79.9. The second kappa shape index (κ2) is 8.13. The third-order valence-corrected chi connectivity index (χ3v) is 4.71. The maximum absolute atomic E-state index is 5.43. The molecule has 0 amide bonds. The minimum Gasteiger partial charge on any atom is -0.497 e. The summed E-state index contributed by atoms with van der Waals surface area (Å²) >= 11 is 4.89. The number of aromatic nitrogens is 1. The van der Waals surface area contributed by atoms with Gasteiger partial charge in [-0.3, -0.25) is 5.43 Å². The third kappa shape index (κ3) is 4.37. The molecule has 0 spiro atoms. The normalized spacial score (nSPS) is 10.8. The highest BCUT2D eigenvalue weighted by molar-refractivity contribution is 9.10. The van der Waals surface area contributed by atoms with Gasteiger partial charge >= 0.3 is 0 Å². The summed E-state index contributed by atoms with van der Waals surface area (Å²) in [6, 6.07) is 13.6. The maximum atomic E-state index is 5.43. The summed E-state index contributed by atoms with van der Waals surface area (Å²) in [5.74, 6) is 1.46. The Morgan fingerprint density at radius 1 is 1.12 bits per heavy atom. The molecular weight excluding hydrogens is 402 g/mol. The van der Waals surface area contributed by atoms with Gasteiger partial charge in [-0.25, -0.2) is 4.98 Å². The molecule has 0 unspecified atom stereocenters. The van der Waals surface area contributed by atoms with Crippen LogP contribution in [0.15, 0.2) is 57.4 Å². The molecule has 0 saturated carbocycles. The average molecular weight is 418 g/mol. The van der Waals surface area contributed by atoms with E-state index in [-0.39, 0.29) is 0 Å². The third-order valence-electron chi connectivity index (χ3n) is 3.43. The molecule has 0 saturated heterocycles. The molecule has 1 N–H and O–H groups in total. The lowest BCUT2D eigenvalue weighted by molar-refractivity contribution is 0.395. The van der Waals surface area contributed by atoms with Crippen LogP contribution in [0.1, 0.15) is 5.56 Å². The average Bonchev–Trinajstić information content (AvgIpc) is 3.11. The van der Waals surface area contributed by atoms with Crippen LogP contribution in [0.4, 0.5) is 5.13 Å². The molecule has 3 rings (SSSR count). The lowest BCUT2D eigenvalue weighted by Gasteiger charge is -2.08. The van der Waals surface area contributed by atoms with Crippen LogP contribution in [0.3, 0.4) is 0 Å². The molecule has 1 heterocycles. The SMILES string of the molecule is COc1ccc(-c2csc(N/N=C\c3ccc(Br)cc3)n2)c(OC)c1.